The molecule has 1 rings (SSSR count). The predicted molar refractivity (Wildman–Crippen MR) is 159 cm³/mol. The van der Waals surface area contributed by atoms with E-state index >= 15 is 0 Å². The zero-order valence-electron chi connectivity index (χ0n) is 22.8. The second kappa shape index (κ2) is 18.3. The van der Waals surface area contributed by atoms with Crippen molar-refractivity contribution in [2.45, 2.75) is 53.0 Å². The molecule has 0 amide bonds. The molecule has 0 bridgehead atoms. The van der Waals surface area contributed by atoms with Gasteiger partial charge in [-0.15, -0.1) is 0 Å². The summed E-state index contributed by atoms with van der Waals surface area (Å²) in [5.41, 5.74) is 11.2. The smallest absolute Gasteiger partial charge is 0.108 e. The second-order valence-electron chi connectivity index (χ2n) is 8.37. The molecule has 37 heavy (non-hydrogen) atoms. The first kappa shape index (κ1) is 32.0. The Balaban J connectivity index is 3.28. The fraction of sp³-hybridized carbons (Fsp3) is 0.379. The number of hydrogen-bond acceptors (Lipinski definition) is 6. The number of rotatable bonds is 17. The minimum Gasteiger partial charge on any atom is -0.388 e. The van der Waals surface area contributed by atoms with Gasteiger partial charge in [0.2, 0.25) is 0 Å². The van der Waals surface area contributed by atoms with E-state index in [1.54, 1.807) is 19.5 Å². The van der Waals surface area contributed by atoms with E-state index in [2.05, 4.69) is 51.6 Å². The summed E-state index contributed by atoms with van der Waals surface area (Å²) in [6.45, 7) is 17.5. The molecule has 1 aromatic rings. The highest BCUT2D eigenvalue weighted by Gasteiger charge is 2.22. The summed E-state index contributed by atoms with van der Waals surface area (Å²) in [7, 11) is 1.66. The fourth-order valence-corrected chi connectivity index (χ4v) is 3.66. The van der Waals surface area contributed by atoms with Crippen molar-refractivity contribution < 1.29 is 4.39 Å². The second-order valence-corrected chi connectivity index (χ2v) is 8.81. The van der Waals surface area contributed by atoms with Crippen LogP contribution in [0, 0.1) is 0 Å². The molecule has 0 aliphatic carbocycles. The lowest BCUT2D eigenvalue weighted by atomic mass is 9.96. The van der Waals surface area contributed by atoms with Gasteiger partial charge in [-0.25, -0.2) is 9.82 Å². The highest BCUT2D eigenvalue weighted by Crippen LogP contribution is 2.28. The molecule has 0 aromatic heterocycles. The van der Waals surface area contributed by atoms with Crippen LogP contribution in [0.2, 0.25) is 5.02 Å². The van der Waals surface area contributed by atoms with Gasteiger partial charge in [-0.05, 0) is 56.0 Å². The average molecular weight is 529 g/mol. The first-order valence-corrected chi connectivity index (χ1v) is 12.9. The molecule has 0 radical (unpaired) electrons. The van der Waals surface area contributed by atoms with Crippen LogP contribution in [0.25, 0.3) is 0 Å². The molecule has 0 saturated heterocycles. The Morgan fingerprint density at radius 2 is 2.00 bits per heavy atom. The van der Waals surface area contributed by atoms with Crippen LogP contribution >= 0.6 is 11.6 Å². The predicted octanol–water partition coefficient (Wildman–Crippen LogP) is 6.48. The van der Waals surface area contributed by atoms with Crippen molar-refractivity contribution in [3.05, 3.63) is 94.3 Å². The maximum atomic E-state index is 14.5. The Hall–Kier alpha value is -3.00. The number of halogens is 2. The molecule has 0 fully saturated rings. The van der Waals surface area contributed by atoms with Crippen molar-refractivity contribution in [3.8, 4) is 0 Å². The van der Waals surface area contributed by atoms with Crippen LogP contribution in [0.15, 0.2) is 88.2 Å². The number of nitrogens with zero attached hydrogens (tertiary/aromatic N) is 2. The van der Waals surface area contributed by atoms with Gasteiger partial charge < -0.3 is 10.6 Å². The van der Waals surface area contributed by atoms with Gasteiger partial charge in [0.1, 0.15) is 6.33 Å². The fourth-order valence-electron chi connectivity index (χ4n) is 3.48. The quantitative estimate of drug-likeness (QED) is 0.0808. The molecule has 0 heterocycles. The van der Waals surface area contributed by atoms with Crippen LogP contribution in [0.5, 0.6) is 0 Å². The molecule has 1 aromatic carbocycles. The average Bonchev–Trinajstić information content (AvgIpc) is 2.88. The van der Waals surface area contributed by atoms with Gasteiger partial charge >= 0.3 is 0 Å². The number of aryl methyl sites for hydroxylation is 1. The van der Waals surface area contributed by atoms with Crippen molar-refractivity contribution in [2.24, 2.45) is 9.98 Å². The van der Waals surface area contributed by atoms with Gasteiger partial charge in [-0.1, -0.05) is 57.2 Å². The monoisotopic (exact) mass is 528 g/mol. The van der Waals surface area contributed by atoms with E-state index in [4.69, 9.17) is 11.6 Å². The molecule has 1 unspecified atom stereocenters. The molecule has 0 aliphatic heterocycles. The van der Waals surface area contributed by atoms with Gasteiger partial charge in [0.25, 0.3) is 0 Å². The van der Waals surface area contributed by atoms with Gasteiger partial charge in [0.15, 0.2) is 0 Å². The number of allylic oxidation sites excluding steroid dienone is 4. The topological polar surface area (TPSA) is 72.8 Å². The Bertz CT molecular complexity index is 1040. The highest BCUT2D eigenvalue weighted by molar-refractivity contribution is 6.30. The van der Waals surface area contributed by atoms with Crippen molar-refractivity contribution in [1.82, 2.24) is 21.5 Å². The molecule has 8 heteroatoms. The third-order valence-electron chi connectivity index (χ3n) is 5.50. The normalized spacial score (nSPS) is 13.9. The Morgan fingerprint density at radius 3 is 2.62 bits per heavy atom. The zero-order valence-corrected chi connectivity index (χ0v) is 23.6. The molecule has 1 atom stereocenters. The van der Waals surface area contributed by atoms with Crippen molar-refractivity contribution in [2.75, 3.05) is 20.1 Å². The first-order chi connectivity index (χ1) is 17.8. The number of benzene rings is 1. The SMILES string of the molecule is C=C(CNNC(/C(=C\F)NC(=C)\C(C=NC)=C(C)/N=C\C=C/C)c1cc(Cl)ccc1CC)NCCCC. The van der Waals surface area contributed by atoms with E-state index in [0.29, 0.717) is 34.9 Å². The molecule has 4 N–H and O–H groups in total. The molecular formula is C29H42ClFN6. The summed E-state index contributed by atoms with van der Waals surface area (Å²) in [6.07, 6.45) is 10.5. The summed E-state index contributed by atoms with van der Waals surface area (Å²) in [5.74, 6) is 0. The lowest BCUT2D eigenvalue weighted by Gasteiger charge is -2.26. The van der Waals surface area contributed by atoms with Gasteiger partial charge in [0, 0.05) is 60.3 Å². The molecule has 6 nitrogen and oxygen atoms in total. The molecule has 0 saturated carbocycles. The van der Waals surface area contributed by atoms with Gasteiger partial charge in [-0.2, -0.15) is 0 Å². The minimum absolute atomic E-state index is 0.256. The third kappa shape index (κ3) is 11.3. The molecular weight excluding hydrogens is 487 g/mol. The summed E-state index contributed by atoms with van der Waals surface area (Å²) in [5, 5.41) is 6.99. The van der Waals surface area contributed by atoms with Crippen LogP contribution in [0.1, 0.15) is 57.7 Å². The molecule has 0 aliphatic rings. The van der Waals surface area contributed by atoms with E-state index < -0.39 is 6.04 Å². The van der Waals surface area contributed by atoms with Crippen LogP contribution in [-0.2, 0) is 6.42 Å². The zero-order chi connectivity index (χ0) is 27.6. The van der Waals surface area contributed by atoms with Crippen molar-refractivity contribution >= 4 is 24.0 Å². The van der Waals surface area contributed by atoms with Crippen LogP contribution < -0.4 is 21.5 Å². The number of aliphatic imine (C=N–C) groups is 2. The van der Waals surface area contributed by atoms with Crippen LogP contribution in [0.4, 0.5) is 4.39 Å². The van der Waals surface area contributed by atoms with E-state index in [0.717, 1.165) is 42.6 Å². The van der Waals surface area contributed by atoms with Gasteiger partial charge in [0.05, 0.1) is 11.7 Å². The Kier molecular flexibility index (Phi) is 15.8. The lowest BCUT2D eigenvalue weighted by Crippen LogP contribution is -2.41. The number of hydrogen-bond donors (Lipinski definition) is 4. The van der Waals surface area contributed by atoms with E-state index in [1.807, 2.05) is 51.1 Å². The third-order valence-corrected chi connectivity index (χ3v) is 5.73. The Morgan fingerprint density at radius 1 is 1.24 bits per heavy atom. The largest absolute Gasteiger partial charge is 0.388 e. The van der Waals surface area contributed by atoms with E-state index in [1.165, 1.54) is 0 Å². The molecule has 0 spiro atoms. The number of nitrogens with one attached hydrogen (secondary N) is 4. The van der Waals surface area contributed by atoms with Crippen molar-refractivity contribution in [3.63, 3.8) is 0 Å². The van der Waals surface area contributed by atoms with Crippen molar-refractivity contribution in [1.29, 1.82) is 0 Å². The number of hydrazine groups is 1. The molecule has 202 valence electrons. The summed E-state index contributed by atoms with van der Waals surface area (Å²) >= 11 is 6.35. The number of unbranched alkanes of at least 4 members (excludes halogenated alkanes) is 1. The maximum absolute atomic E-state index is 14.5. The summed E-state index contributed by atoms with van der Waals surface area (Å²) in [6, 6.07) is 5.05. The minimum atomic E-state index is -0.592. The standard InChI is InChI=1S/C29H42ClFN6/c1-8-11-15-33-21(4)19-35-37-29(26-17-25(30)14-13-24(26)10-3)28(18-31)36-23(6)27(20-32-7)22(5)34-16-12-9-2/h9,12-14,16-18,20,29,33,35-37H,4,6,8,10-11,15,19H2,1-3,5,7H3/b12-9-,27-22-,28-18+,32-20?,34-16-. The van der Waals surface area contributed by atoms with E-state index in [9.17, 15) is 4.39 Å². The maximum Gasteiger partial charge on any atom is 0.108 e. The van der Waals surface area contributed by atoms with E-state index in [-0.39, 0.29) is 5.70 Å². The first-order valence-electron chi connectivity index (χ1n) is 12.6. The Labute approximate surface area is 227 Å². The highest BCUT2D eigenvalue weighted by atomic mass is 35.5. The summed E-state index contributed by atoms with van der Waals surface area (Å²) in [4.78, 5) is 8.56. The lowest BCUT2D eigenvalue weighted by molar-refractivity contribution is 0.466. The van der Waals surface area contributed by atoms with Crippen LogP contribution in [0.3, 0.4) is 0 Å². The van der Waals surface area contributed by atoms with Gasteiger partial charge in [-0.3, -0.25) is 15.4 Å². The summed E-state index contributed by atoms with van der Waals surface area (Å²) < 4.78 is 14.5. The van der Waals surface area contributed by atoms with Crippen LogP contribution in [-0.4, -0.2) is 32.6 Å².